The average Bonchev–Trinajstić information content (AvgIpc) is 2.54. The van der Waals surface area contributed by atoms with Crippen molar-refractivity contribution in [1.29, 1.82) is 0 Å². The van der Waals surface area contributed by atoms with E-state index in [-0.39, 0.29) is 16.6 Å². The summed E-state index contributed by atoms with van der Waals surface area (Å²) in [5.41, 5.74) is 1.33. The molecule has 0 aliphatic carbocycles. The quantitative estimate of drug-likeness (QED) is 0.783. The number of sulfone groups is 1. The fourth-order valence-corrected chi connectivity index (χ4v) is 3.24. The minimum Gasteiger partial charge on any atom is -0.322 e. The molecule has 0 spiro atoms. The number of rotatable bonds is 5. The number of carbonyl (C=O) groups excluding carboxylic acids is 1. The van der Waals surface area contributed by atoms with Gasteiger partial charge in [0.05, 0.1) is 10.6 Å². The third-order valence-corrected chi connectivity index (χ3v) is 5.61. The maximum Gasteiger partial charge on any atom is 0.248 e. The molecule has 120 valence electrons. The third-order valence-electron chi connectivity index (χ3n) is 3.16. The summed E-state index contributed by atoms with van der Waals surface area (Å²) < 4.78 is 24.6. The Labute approximate surface area is 144 Å². The molecule has 0 heterocycles. The number of hydrogen-bond donors (Lipinski definition) is 1. The molecular weight excluding hydrogens is 378 g/mol. The number of nitrogens with one attached hydrogen (secondary N) is 1. The number of benzene rings is 2. The van der Waals surface area contributed by atoms with Crippen LogP contribution in [0.2, 0.25) is 0 Å². The minimum absolute atomic E-state index is 0.0202. The first kappa shape index (κ1) is 17.4. The molecule has 0 unspecified atom stereocenters. The average molecular weight is 394 g/mol. The van der Waals surface area contributed by atoms with E-state index in [4.69, 9.17) is 0 Å². The molecule has 0 fully saturated rings. The van der Waals surface area contributed by atoms with Crippen LogP contribution in [0.5, 0.6) is 0 Å². The standard InChI is InChI=1S/C17H16BrNO3S/c1-2-23(21,22)15-8-5-7-14(12-15)19-17(20)11-10-13-6-3-4-9-16(13)18/h3-12H,2H2,1H3,(H,19,20)/b11-10+. The normalized spacial score (nSPS) is 11.6. The molecule has 6 heteroatoms. The maximum atomic E-state index is 12.0. The topological polar surface area (TPSA) is 63.2 Å². The molecule has 0 saturated heterocycles. The summed E-state index contributed by atoms with van der Waals surface area (Å²) in [6.07, 6.45) is 3.09. The first-order valence-electron chi connectivity index (χ1n) is 6.99. The molecule has 0 aliphatic rings. The molecule has 0 atom stereocenters. The predicted octanol–water partition coefficient (Wildman–Crippen LogP) is 3.89. The van der Waals surface area contributed by atoms with Gasteiger partial charge >= 0.3 is 0 Å². The van der Waals surface area contributed by atoms with Crippen molar-refractivity contribution in [3.05, 3.63) is 64.6 Å². The summed E-state index contributed by atoms with van der Waals surface area (Å²) in [7, 11) is -3.29. The number of carbonyl (C=O) groups is 1. The second kappa shape index (κ2) is 7.57. The van der Waals surface area contributed by atoms with Crippen LogP contribution < -0.4 is 5.32 Å². The lowest BCUT2D eigenvalue weighted by Gasteiger charge is -2.06. The van der Waals surface area contributed by atoms with Gasteiger partial charge in [-0.15, -0.1) is 0 Å². The molecule has 0 saturated carbocycles. The maximum absolute atomic E-state index is 12.0. The van der Waals surface area contributed by atoms with Crippen molar-refractivity contribution in [3.63, 3.8) is 0 Å². The molecule has 2 rings (SSSR count). The van der Waals surface area contributed by atoms with Crippen molar-refractivity contribution >= 4 is 43.4 Å². The molecule has 2 aromatic rings. The lowest BCUT2D eigenvalue weighted by atomic mass is 10.2. The molecule has 0 aromatic heterocycles. The van der Waals surface area contributed by atoms with Gasteiger partial charge in [0.25, 0.3) is 0 Å². The smallest absolute Gasteiger partial charge is 0.248 e. The Kier molecular flexibility index (Phi) is 5.74. The number of amides is 1. The van der Waals surface area contributed by atoms with Crippen molar-refractivity contribution in [1.82, 2.24) is 0 Å². The zero-order valence-corrected chi connectivity index (χ0v) is 14.9. The van der Waals surface area contributed by atoms with Crippen molar-refractivity contribution in [3.8, 4) is 0 Å². The number of halogens is 1. The van der Waals surface area contributed by atoms with Gasteiger partial charge in [-0.05, 0) is 35.9 Å². The highest BCUT2D eigenvalue weighted by atomic mass is 79.9. The fraction of sp³-hybridized carbons (Fsp3) is 0.118. The Bertz CT molecular complexity index is 844. The SMILES string of the molecule is CCS(=O)(=O)c1cccc(NC(=O)/C=C/c2ccccc2Br)c1. The van der Waals surface area contributed by atoms with Crippen LogP contribution in [0.1, 0.15) is 12.5 Å². The number of anilines is 1. The molecule has 2 aromatic carbocycles. The molecule has 1 amide bonds. The van der Waals surface area contributed by atoms with Crippen LogP contribution in [0.4, 0.5) is 5.69 Å². The van der Waals surface area contributed by atoms with Gasteiger partial charge in [-0.1, -0.05) is 47.1 Å². The first-order valence-corrected chi connectivity index (χ1v) is 9.43. The van der Waals surface area contributed by atoms with Gasteiger partial charge in [-0.2, -0.15) is 0 Å². The third kappa shape index (κ3) is 4.77. The Morgan fingerprint density at radius 1 is 1.17 bits per heavy atom. The van der Waals surface area contributed by atoms with Crippen molar-refractivity contribution < 1.29 is 13.2 Å². The van der Waals surface area contributed by atoms with E-state index in [0.29, 0.717) is 5.69 Å². The summed E-state index contributed by atoms with van der Waals surface area (Å²) in [4.78, 5) is 12.2. The molecular formula is C17H16BrNO3S. The van der Waals surface area contributed by atoms with Gasteiger partial charge in [0.15, 0.2) is 9.84 Å². The van der Waals surface area contributed by atoms with Crippen LogP contribution >= 0.6 is 15.9 Å². The van der Waals surface area contributed by atoms with E-state index in [1.807, 2.05) is 24.3 Å². The molecule has 4 nitrogen and oxygen atoms in total. The Morgan fingerprint density at radius 2 is 1.91 bits per heavy atom. The lowest BCUT2D eigenvalue weighted by Crippen LogP contribution is -2.09. The van der Waals surface area contributed by atoms with Gasteiger partial charge in [0.1, 0.15) is 0 Å². The molecule has 1 N–H and O–H groups in total. The van der Waals surface area contributed by atoms with Gasteiger partial charge < -0.3 is 5.32 Å². The van der Waals surface area contributed by atoms with Crippen LogP contribution in [-0.2, 0) is 14.6 Å². The fourth-order valence-electron chi connectivity index (χ4n) is 1.89. The van der Waals surface area contributed by atoms with Crippen LogP contribution in [0.15, 0.2) is 64.0 Å². The summed E-state index contributed by atoms with van der Waals surface area (Å²) in [5.74, 6) is -0.307. The summed E-state index contributed by atoms with van der Waals surface area (Å²) in [6, 6.07) is 13.8. The zero-order valence-electron chi connectivity index (χ0n) is 12.5. The van der Waals surface area contributed by atoms with Gasteiger partial charge in [-0.25, -0.2) is 8.42 Å². The lowest BCUT2D eigenvalue weighted by molar-refractivity contribution is -0.111. The van der Waals surface area contributed by atoms with Gasteiger partial charge in [0.2, 0.25) is 5.91 Å². The Hall–Kier alpha value is -1.92. The predicted molar refractivity (Wildman–Crippen MR) is 96.0 cm³/mol. The van der Waals surface area contributed by atoms with Crippen LogP contribution in [0.3, 0.4) is 0 Å². The van der Waals surface area contributed by atoms with Crippen LogP contribution in [-0.4, -0.2) is 20.1 Å². The minimum atomic E-state index is -3.29. The highest BCUT2D eigenvalue weighted by Crippen LogP contribution is 2.18. The van der Waals surface area contributed by atoms with Crippen molar-refractivity contribution in [2.24, 2.45) is 0 Å². The summed E-state index contributed by atoms with van der Waals surface area (Å²) in [5, 5.41) is 2.66. The second-order valence-corrected chi connectivity index (χ2v) is 7.91. The zero-order chi connectivity index (χ0) is 16.9. The van der Waals surface area contributed by atoms with Crippen LogP contribution in [0, 0.1) is 0 Å². The Morgan fingerprint density at radius 3 is 2.61 bits per heavy atom. The molecule has 23 heavy (non-hydrogen) atoms. The van der Waals surface area contributed by atoms with E-state index in [0.717, 1.165) is 10.0 Å². The molecule has 0 aliphatic heterocycles. The van der Waals surface area contributed by atoms with E-state index in [1.165, 1.54) is 18.2 Å². The van der Waals surface area contributed by atoms with E-state index in [1.54, 1.807) is 25.1 Å². The highest BCUT2D eigenvalue weighted by molar-refractivity contribution is 9.10. The largest absolute Gasteiger partial charge is 0.322 e. The highest BCUT2D eigenvalue weighted by Gasteiger charge is 2.12. The van der Waals surface area contributed by atoms with E-state index >= 15 is 0 Å². The van der Waals surface area contributed by atoms with Crippen LogP contribution in [0.25, 0.3) is 6.08 Å². The monoisotopic (exact) mass is 393 g/mol. The molecule has 0 radical (unpaired) electrons. The van der Waals surface area contributed by atoms with Gasteiger partial charge in [-0.3, -0.25) is 4.79 Å². The van der Waals surface area contributed by atoms with E-state index < -0.39 is 9.84 Å². The second-order valence-electron chi connectivity index (χ2n) is 4.78. The van der Waals surface area contributed by atoms with Gasteiger partial charge in [0, 0.05) is 16.2 Å². The Balaban J connectivity index is 2.12. The summed E-state index contributed by atoms with van der Waals surface area (Å²) in [6.45, 7) is 1.58. The first-order chi connectivity index (χ1) is 10.9. The summed E-state index contributed by atoms with van der Waals surface area (Å²) >= 11 is 3.40. The van der Waals surface area contributed by atoms with E-state index in [9.17, 15) is 13.2 Å². The van der Waals surface area contributed by atoms with Crippen molar-refractivity contribution in [2.75, 3.05) is 11.1 Å². The van der Waals surface area contributed by atoms with E-state index in [2.05, 4.69) is 21.2 Å². The number of hydrogen-bond acceptors (Lipinski definition) is 3. The van der Waals surface area contributed by atoms with Crippen molar-refractivity contribution in [2.45, 2.75) is 11.8 Å². The molecule has 0 bridgehead atoms.